The Kier molecular flexibility index (Phi) is 3.27. The zero-order valence-electron chi connectivity index (χ0n) is 11.8. The summed E-state index contributed by atoms with van der Waals surface area (Å²) in [6.45, 7) is 6.55. The molecule has 4 heteroatoms. The Hall–Kier alpha value is -1.42. The zero-order chi connectivity index (χ0) is 13.3. The molecule has 0 amide bonds. The second-order valence-corrected chi connectivity index (χ2v) is 5.40. The minimum Gasteiger partial charge on any atom is -0.311 e. The first-order valence-corrected chi connectivity index (χ1v) is 7.37. The summed E-state index contributed by atoms with van der Waals surface area (Å²) in [5.74, 6) is 1.18. The first-order valence-electron chi connectivity index (χ1n) is 7.37. The number of nitrogens with zero attached hydrogens (tertiary/aromatic N) is 3. The lowest BCUT2D eigenvalue weighted by atomic mass is 9.93. The van der Waals surface area contributed by atoms with E-state index in [1.807, 2.05) is 12.3 Å². The number of hydrogen-bond acceptors (Lipinski definition) is 3. The minimum atomic E-state index is 0.0515. The van der Waals surface area contributed by atoms with Gasteiger partial charge in [-0.15, -0.1) is 0 Å². The van der Waals surface area contributed by atoms with Crippen molar-refractivity contribution in [2.75, 3.05) is 6.54 Å². The standard InChI is InChI=1S/C15H22N4/c1-3-11-19-13-12(7-5-9-16-13)18-14(19)15(4-2)8-6-10-17-15/h5,7,9,17H,3-4,6,8,10-11H2,1-2H3. The average Bonchev–Trinajstić information content (AvgIpc) is 3.05. The molecule has 0 radical (unpaired) electrons. The number of rotatable bonds is 4. The second-order valence-electron chi connectivity index (χ2n) is 5.40. The van der Waals surface area contributed by atoms with Crippen molar-refractivity contribution >= 4 is 11.2 Å². The normalized spacial score (nSPS) is 23.3. The fraction of sp³-hybridized carbons (Fsp3) is 0.600. The lowest BCUT2D eigenvalue weighted by Gasteiger charge is -2.28. The van der Waals surface area contributed by atoms with Gasteiger partial charge in [0.25, 0.3) is 0 Å². The highest BCUT2D eigenvalue weighted by molar-refractivity contribution is 5.71. The molecular weight excluding hydrogens is 236 g/mol. The molecule has 0 bridgehead atoms. The maximum absolute atomic E-state index is 4.89. The van der Waals surface area contributed by atoms with Crippen molar-refractivity contribution in [2.24, 2.45) is 0 Å². The van der Waals surface area contributed by atoms with Gasteiger partial charge in [-0.2, -0.15) is 0 Å². The van der Waals surface area contributed by atoms with E-state index in [1.165, 1.54) is 18.7 Å². The molecule has 1 fully saturated rings. The molecule has 0 aromatic carbocycles. The Morgan fingerprint density at radius 1 is 1.42 bits per heavy atom. The average molecular weight is 258 g/mol. The lowest BCUT2D eigenvalue weighted by Crippen LogP contribution is -2.39. The van der Waals surface area contributed by atoms with Crippen molar-refractivity contribution in [3.8, 4) is 0 Å². The summed E-state index contributed by atoms with van der Waals surface area (Å²) < 4.78 is 2.32. The fourth-order valence-electron chi connectivity index (χ4n) is 3.22. The molecule has 3 rings (SSSR count). The molecule has 0 saturated carbocycles. The van der Waals surface area contributed by atoms with E-state index < -0.39 is 0 Å². The number of fused-ring (bicyclic) bond motifs is 1. The Morgan fingerprint density at radius 2 is 2.32 bits per heavy atom. The predicted octanol–water partition coefficient (Wildman–Crippen LogP) is 2.83. The first-order chi connectivity index (χ1) is 9.30. The van der Waals surface area contributed by atoms with Gasteiger partial charge >= 0.3 is 0 Å². The van der Waals surface area contributed by atoms with Crippen LogP contribution >= 0.6 is 0 Å². The number of pyridine rings is 1. The highest BCUT2D eigenvalue weighted by Crippen LogP contribution is 2.34. The van der Waals surface area contributed by atoms with Gasteiger partial charge in [-0.3, -0.25) is 0 Å². The van der Waals surface area contributed by atoms with Crippen LogP contribution in [0.4, 0.5) is 0 Å². The number of imidazole rings is 1. The third-order valence-electron chi connectivity index (χ3n) is 4.23. The molecule has 2 aromatic rings. The van der Waals surface area contributed by atoms with E-state index in [1.54, 1.807) is 0 Å². The molecule has 1 unspecified atom stereocenters. The summed E-state index contributed by atoms with van der Waals surface area (Å²) in [7, 11) is 0. The molecule has 19 heavy (non-hydrogen) atoms. The highest BCUT2D eigenvalue weighted by Gasteiger charge is 2.38. The van der Waals surface area contributed by atoms with Crippen LogP contribution in [0.3, 0.4) is 0 Å². The van der Waals surface area contributed by atoms with Crippen molar-refractivity contribution in [2.45, 2.75) is 51.6 Å². The van der Waals surface area contributed by atoms with Crippen molar-refractivity contribution < 1.29 is 0 Å². The largest absolute Gasteiger partial charge is 0.311 e. The van der Waals surface area contributed by atoms with Crippen LogP contribution in [-0.4, -0.2) is 21.1 Å². The molecule has 2 aromatic heterocycles. The topological polar surface area (TPSA) is 42.7 Å². The van der Waals surface area contributed by atoms with E-state index in [-0.39, 0.29) is 5.54 Å². The van der Waals surface area contributed by atoms with Crippen LogP contribution in [0, 0.1) is 0 Å². The van der Waals surface area contributed by atoms with Crippen LogP contribution < -0.4 is 5.32 Å². The van der Waals surface area contributed by atoms with Gasteiger partial charge < -0.3 is 9.88 Å². The van der Waals surface area contributed by atoms with Crippen LogP contribution in [0.5, 0.6) is 0 Å². The molecule has 1 aliphatic heterocycles. The van der Waals surface area contributed by atoms with Crippen LogP contribution in [0.25, 0.3) is 11.2 Å². The molecule has 1 aliphatic rings. The van der Waals surface area contributed by atoms with E-state index in [4.69, 9.17) is 4.98 Å². The van der Waals surface area contributed by atoms with Crippen LogP contribution in [0.15, 0.2) is 18.3 Å². The Bertz CT molecular complexity index is 567. The van der Waals surface area contributed by atoms with Crippen molar-refractivity contribution in [3.63, 3.8) is 0 Å². The molecule has 1 atom stereocenters. The maximum atomic E-state index is 4.89. The van der Waals surface area contributed by atoms with E-state index in [9.17, 15) is 0 Å². The molecule has 102 valence electrons. The lowest BCUT2D eigenvalue weighted by molar-refractivity contribution is 0.338. The summed E-state index contributed by atoms with van der Waals surface area (Å²) in [6, 6.07) is 4.03. The molecule has 1 saturated heterocycles. The van der Waals surface area contributed by atoms with Crippen molar-refractivity contribution in [3.05, 3.63) is 24.2 Å². The summed E-state index contributed by atoms with van der Waals surface area (Å²) in [5, 5.41) is 3.68. The molecule has 4 nitrogen and oxygen atoms in total. The number of aryl methyl sites for hydroxylation is 1. The molecule has 1 N–H and O–H groups in total. The summed E-state index contributed by atoms with van der Waals surface area (Å²) in [6.07, 6.45) is 6.46. The summed E-state index contributed by atoms with van der Waals surface area (Å²) >= 11 is 0. The SMILES string of the molecule is CCCn1c(C2(CC)CCCN2)nc2cccnc21. The van der Waals surface area contributed by atoms with Crippen LogP contribution in [0.1, 0.15) is 45.4 Å². The van der Waals surface area contributed by atoms with Crippen molar-refractivity contribution in [1.29, 1.82) is 0 Å². The summed E-state index contributed by atoms with van der Waals surface area (Å²) in [5.41, 5.74) is 2.10. The number of nitrogens with one attached hydrogen (secondary N) is 1. The van der Waals surface area contributed by atoms with E-state index in [0.717, 1.165) is 37.1 Å². The smallest absolute Gasteiger partial charge is 0.160 e. The van der Waals surface area contributed by atoms with Gasteiger partial charge in [0.1, 0.15) is 11.3 Å². The zero-order valence-corrected chi connectivity index (χ0v) is 11.8. The van der Waals surface area contributed by atoms with E-state index >= 15 is 0 Å². The Morgan fingerprint density at radius 3 is 3.00 bits per heavy atom. The third kappa shape index (κ3) is 1.94. The van der Waals surface area contributed by atoms with Crippen molar-refractivity contribution in [1.82, 2.24) is 19.9 Å². The van der Waals surface area contributed by atoms with Gasteiger partial charge in [-0.25, -0.2) is 9.97 Å². The van der Waals surface area contributed by atoms with Gasteiger partial charge in [0, 0.05) is 12.7 Å². The van der Waals surface area contributed by atoms with Crippen LogP contribution in [-0.2, 0) is 12.1 Å². The quantitative estimate of drug-likeness (QED) is 0.917. The van der Waals surface area contributed by atoms with Gasteiger partial charge in [-0.05, 0) is 44.4 Å². The first kappa shape index (κ1) is 12.6. The third-order valence-corrected chi connectivity index (χ3v) is 4.23. The van der Waals surface area contributed by atoms with Crippen LogP contribution in [0.2, 0.25) is 0 Å². The van der Waals surface area contributed by atoms with Gasteiger partial charge in [0.15, 0.2) is 5.65 Å². The van der Waals surface area contributed by atoms with E-state index in [0.29, 0.717) is 0 Å². The fourth-order valence-corrected chi connectivity index (χ4v) is 3.22. The maximum Gasteiger partial charge on any atom is 0.160 e. The minimum absolute atomic E-state index is 0.0515. The highest BCUT2D eigenvalue weighted by atomic mass is 15.2. The van der Waals surface area contributed by atoms with Gasteiger partial charge in [0.05, 0.1) is 5.54 Å². The summed E-state index contributed by atoms with van der Waals surface area (Å²) in [4.78, 5) is 9.42. The molecule has 0 aliphatic carbocycles. The molecular formula is C15H22N4. The number of hydrogen-bond donors (Lipinski definition) is 1. The second kappa shape index (κ2) is 4.93. The van der Waals surface area contributed by atoms with Gasteiger partial charge in [-0.1, -0.05) is 13.8 Å². The molecule has 3 heterocycles. The predicted molar refractivity (Wildman–Crippen MR) is 77.0 cm³/mol. The molecule has 0 spiro atoms. The Balaban J connectivity index is 2.18. The Labute approximate surface area is 114 Å². The van der Waals surface area contributed by atoms with Gasteiger partial charge in [0.2, 0.25) is 0 Å². The van der Waals surface area contributed by atoms with E-state index in [2.05, 4.69) is 34.8 Å². The monoisotopic (exact) mass is 258 g/mol. The number of aromatic nitrogens is 3.